The molecule has 1 aliphatic rings. The fourth-order valence-electron chi connectivity index (χ4n) is 4.48. The van der Waals surface area contributed by atoms with Gasteiger partial charge in [0.1, 0.15) is 0 Å². The van der Waals surface area contributed by atoms with E-state index in [4.69, 9.17) is 9.16 Å². The third-order valence-electron chi connectivity index (χ3n) is 6.23. The Morgan fingerprint density at radius 3 is 1.77 bits per heavy atom. The van der Waals surface area contributed by atoms with Gasteiger partial charge < -0.3 is 14.5 Å². The topological polar surface area (TPSA) is 30.5 Å². The minimum Gasteiger partial charge on any atom is -0.406 e. The fraction of sp³-hybridized carbons (Fsp3) is 0.333. The lowest BCUT2D eigenvalue weighted by molar-refractivity contribution is -0.0411. The van der Waals surface area contributed by atoms with Crippen LogP contribution in [0.4, 0.5) is 0 Å². The van der Waals surface area contributed by atoms with Crippen molar-refractivity contribution in [3.05, 3.63) is 96.6 Å². The molecule has 31 heavy (non-hydrogen) atoms. The van der Waals surface area contributed by atoms with Crippen LogP contribution in [0.3, 0.4) is 0 Å². The Labute approximate surface area is 187 Å². The molecule has 1 saturated heterocycles. The summed E-state index contributed by atoms with van der Waals surface area (Å²) >= 11 is 0. The molecule has 1 aliphatic heterocycles. The van der Waals surface area contributed by atoms with Crippen LogP contribution in [0.5, 0.6) is 0 Å². The first kappa shape index (κ1) is 22.0. The van der Waals surface area contributed by atoms with Crippen molar-refractivity contribution in [1.29, 1.82) is 0 Å². The summed E-state index contributed by atoms with van der Waals surface area (Å²) in [6, 6.07) is 32.2. The van der Waals surface area contributed by atoms with Gasteiger partial charge in [-0.3, -0.25) is 0 Å². The van der Waals surface area contributed by atoms with Crippen molar-refractivity contribution in [2.24, 2.45) is 0 Å². The molecule has 1 N–H and O–H groups in total. The highest BCUT2D eigenvalue weighted by molar-refractivity contribution is 6.99. The van der Waals surface area contributed by atoms with Crippen molar-refractivity contribution in [3.63, 3.8) is 0 Å². The number of hydrogen-bond acceptors (Lipinski definition) is 3. The van der Waals surface area contributed by atoms with Gasteiger partial charge in [-0.1, -0.05) is 112 Å². The van der Waals surface area contributed by atoms with Crippen LogP contribution in [-0.2, 0) is 15.8 Å². The number of nitrogens with one attached hydrogen (secondary N) is 1. The molecule has 0 radical (unpaired) electrons. The van der Waals surface area contributed by atoms with Crippen molar-refractivity contribution in [1.82, 2.24) is 5.32 Å². The van der Waals surface area contributed by atoms with Gasteiger partial charge in [0.05, 0.1) is 25.4 Å². The van der Waals surface area contributed by atoms with Gasteiger partial charge in [0, 0.05) is 6.54 Å². The largest absolute Gasteiger partial charge is 0.406 e. The smallest absolute Gasteiger partial charge is 0.261 e. The van der Waals surface area contributed by atoms with E-state index in [1.165, 1.54) is 15.9 Å². The van der Waals surface area contributed by atoms with Crippen LogP contribution in [-0.4, -0.2) is 33.6 Å². The Hall–Kier alpha value is -2.24. The van der Waals surface area contributed by atoms with E-state index in [2.05, 4.69) is 111 Å². The van der Waals surface area contributed by atoms with E-state index in [-0.39, 0.29) is 17.2 Å². The maximum absolute atomic E-state index is 7.05. The highest BCUT2D eigenvalue weighted by Crippen LogP contribution is 2.37. The summed E-state index contributed by atoms with van der Waals surface area (Å²) in [6.07, 6.45) is 0.179. The number of hydrogen-bond donors (Lipinski definition) is 1. The zero-order valence-corrected chi connectivity index (χ0v) is 19.8. The minimum absolute atomic E-state index is 0.0140. The molecule has 0 amide bonds. The van der Waals surface area contributed by atoms with Crippen molar-refractivity contribution in [2.45, 2.75) is 44.6 Å². The molecule has 0 unspecified atom stereocenters. The number of benzene rings is 3. The monoisotopic (exact) mass is 431 g/mol. The predicted molar refractivity (Wildman–Crippen MR) is 130 cm³/mol. The second-order valence-electron chi connectivity index (χ2n) is 9.32. The molecule has 0 aliphatic carbocycles. The van der Waals surface area contributed by atoms with Crippen LogP contribution in [0.25, 0.3) is 0 Å². The van der Waals surface area contributed by atoms with Crippen LogP contribution in [0, 0.1) is 0 Å². The van der Waals surface area contributed by atoms with E-state index in [9.17, 15) is 0 Å². The first-order chi connectivity index (χ1) is 15.0. The maximum atomic E-state index is 7.05. The van der Waals surface area contributed by atoms with Crippen molar-refractivity contribution >= 4 is 18.7 Å². The van der Waals surface area contributed by atoms with E-state index in [0.717, 1.165) is 6.54 Å². The summed E-state index contributed by atoms with van der Waals surface area (Å²) in [7, 11) is -2.51. The minimum atomic E-state index is -2.51. The lowest BCUT2D eigenvalue weighted by Gasteiger charge is -2.46. The van der Waals surface area contributed by atoms with Gasteiger partial charge in [-0.2, -0.15) is 0 Å². The zero-order chi connectivity index (χ0) is 21.7. The normalized spacial score (nSPS) is 19.1. The average Bonchev–Trinajstić information content (AvgIpc) is 2.77. The molecule has 1 fully saturated rings. The van der Waals surface area contributed by atoms with Gasteiger partial charge in [-0.25, -0.2) is 0 Å². The molecule has 0 aromatic heterocycles. The summed E-state index contributed by atoms with van der Waals surface area (Å²) < 4.78 is 13.3. The van der Waals surface area contributed by atoms with Crippen molar-refractivity contribution in [3.8, 4) is 0 Å². The highest BCUT2D eigenvalue weighted by Gasteiger charge is 2.51. The third-order valence-corrected chi connectivity index (χ3v) is 11.2. The number of ether oxygens (including phenoxy) is 1. The lowest BCUT2D eigenvalue weighted by atomic mass is 10.0. The summed E-state index contributed by atoms with van der Waals surface area (Å²) in [5.74, 6) is 0. The molecule has 3 nitrogen and oxygen atoms in total. The molecule has 4 rings (SSSR count). The Morgan fingerprint density at radius 2 is 1.32 bits per heavy atom. The molecular weight excluding hydrogens is 398 g/mol. The van der Waals surface area contributed by atoms with E-state index >= 15 is 0 Å². The van der Waals surface area contributed by atoms with Crippen LogP contribution in [0.2, 0.25) is 5.04 Å². The molecule has 2 atom stereocenters. The second kappa shape index (κ2) is 9.49. The van der Waals surface area contributed by atoms with Gasteiger partial charge >= 0.3 is 0 Å². The summed E-state index contributed by atoms with van der Waals surface area (Å²) in [4.78, 5) is 0. The third kappa shape index (κ3) is 4.68. The summed E-state index contributed by atoms with van der Waals surface area (Å²) in [6.45, 7) is 9.11. The molecule has 0 bridgehead atoms. The Bertz CT molecular complexity index is 902. The van der Waals surface area contributed by atoms with Gasteiger partial charge in [0.15, 0.2) is 0 Å². The molecule has 0 saturated carbocycles. The van der Waals surface area contributed by atoms with Crippen LogP contribution >= 0.6 is 0 Å². The van der Waals surface area contributed by atoms with Gasteiger partial charge in [0.2, 0.25) is 0 Å². The fourth-order valence-corrected chi connectivity index (χ4v) is 9.06. The first-order valence-corrected chi connectivity index (χ1v) is 13.1. The lowest BCUT2D eigenvalue weighted by Crippen LogP contribution is -2.69. The van der Waals surface area contributed by atoms with E-state index in [1.54, 1.807) is 0 Å². The van der Waals surface area contributed by atoms with Crippen LogP contribution < -0.4 is 15.7 Å². The first-order valence-electron chi connectivity index (χ1n) is 11.1. The summed E-state index contributed by atoms with van der Waals surface area (Å²) in [5, 5.41) is 6.15. The number of rotatable bonds is 8. The summed E-state index contributed by atoms with van der Waals surface area (Å²) in [5.41, 5.74) is 1.21. The Balaban J connectivity index is 1.54. The molecule has 162 valence electrons. The molecule has 0 spiro atoms. The molecule has 4 heteroatoms. The van der Waals surface area contributed by atoms with Gasteiger partial charge in [-0.15, -0.1) is 0 Å². The molecular formula is C27H33NO2Si. The molecule has 3 aromatic rings. The second-order valence-corrected chi connectivity index (χ2v) is 13.6. The standard InChI is InChI=1S/C27H33NO2Si/c1-27(2,3)31(23-15-9-5-10-16-23,24-17-11-6-12-18-24)30-21-25-26(19-28-25)29-20-22-13-7-4-8-14-22/h4-18,25-26,28H,19-21H2,1-3H3/t25-,26+/m1/s1. The van der Waals surface area contributed by atoms with Crippen LogP contribution in [0.1, 0.15) is 26.3 Å². The highest BCUT2D eigenvalue weighted by atomic mass is 28.4. The van der Waals surface area contributed by atoms with E-state index in [1.807, 2.05) is 6.07 Å². The average molecular weight is 432 g/mol. The Kier molecular flexibility index (Phi) is 6.73. The predicted octanol–water partition coefficient (Wildman–Crippen LogP) is 4.12. The Morgan fingerprint density at radius 1 is 0.806 bits per heavy atom. The maximum Gasteiger partial charge on any atom is 0.261 e. The van der Waals surface area contributed by atoms with Gasteiger partial charge in [-0.05, 0) is 21.0 Å². The van der Waals surface area contributed by atoms with E-state index < -0.39 is 8.32 Å². The van der Waals surface area contributed by atoms with Crippen molar-refractivity contribution in [2.75, 3.05) is 13.2 Å². The van der Waals surface area contributed by atoms with Gasteiger partial charge in [0.25, 0.3) is 8.32 Å². The van der Waals surface area contributed by atoms with Crippen LogP contribution in [0.15, 0.2) is 91.0 Å². The molecule has 3 aromatic carbocycles. The SMILES string of the molecule is CC(C)(C)[Si](OC[C@H]1NC[C@@H]1OCc1ccccc1)(c1ccccc1)c1ccccc1. The van der Waals surface area contributed by atoms with Crippen molar-refractivity contribution < 1.29 is 9.16 Å². The van der Waals surface area contributed by atoms with E-state index in [0.29, 0.717) is 13.2 Å². The quantitative estimate of drug-likeness (QED) is 0.544. The zero-order valence-electron chi connectivity index (χ0n) is 18.8. The molecule has 1 heterocycles.